The molecule has 0 radical (unpaired) electrons. The van der Waals surface area contributed by atoms with E-state index in [1.807, 2.05) is 6.92 Å². The molecule has 114 valence electrons. The second-order valence-electron chi connectivity index (χ2n) is 5.18. The monoisotopic (exact) mass is 296 g/mol. The summed E-state index contributed by atoms with van der Waals surface area (Å²) >= 11 is 0. The summed E-state index contributed by atoms with van der Waals surface area (Å²) in [6.45, 7) is 3.31. The Hall–Kier alpha value is -1.98. The van der Waals surface area contributed by atoms with Gasteiger partial charge in [0.15, 0.2) is 11.6 Å². The lowest BCUT2D eigenvalue weighted by atomic mass is 9.97. The third-order valence-corrected chi connectivity index (χ3v) is 3.54. The van der Waals surface area contributed by atoms with E-state index < -0.39 is 11.6 Å². The zero-order chi connectivity index (χ0) is 15.4. The second kappa shape index (κ2) is 6.65. The summed E-state index contributed by atoms with van der Waals surface area (Å²) in [7, 11) is 0. The van der Waals surface area contributed by atoms with Crippen LogP contribution in [-0.4, -0.2) is 36.3 Å². The van der Waals surface area contributed by atoms with Crippen molar-refractivity contribution in [2.24, 2.45) is 5.92 Å². The van der Waals surface area contributed by atoms with E-state index in [1.54, 1.807) is 0 Å². The highest BCUT2D eigenvalue weighted by molar-refractivity contribution is 5.96. The lowest BCUT2D eigenvalue weighted by molar-refractivity contribution is -0.128. The lowest BCUT2D eigenvalue weighted by Crippen LogP contribution is -2.55. The molecule has 0 aliphatic carbocycles. The number of carbonyl (C=O) groups excluding carboxylic acids is 2. The van der Waals surface area contributed by atoms with Crippen LogP contribution in [0.2, 0.25) is 0 Å². The molecule has 1 fully saturated rings. The molecular weight excluding hydrogens is 278 g/mol. The van der Waals surface area contributed by atoms with Crippen molar-refractivity contribution in [2.75, 3.05) is 19.6 Å². The maximum absolute atomic E-state index is 13.1. The van der Waals surface area contributed by atoms with E-state index in [0.29, 0.717) is 19.6 Å². The number of halogens is 2. The number of nitrogens with zero attached hydrogens (tertiary/aromatic N) is 1. The van der Waals surface area contributed by atoms with Gasteiger partial charge in [0.2, 0.25) is 5.91 Å². The van der Waals surface area contributed by atoms with Crippen molar-refractivity contribution in [2.45, 2.75) is 19.8 Å². The Kier molecular flexibility index (Phi) is 4.88. The van der Waals surface area contributed by atoms with Gasteiger partial charge in [-0.2, -0.15) is 0 Å². The molecule has 1 aromatic rings. The first-order valence-corrected chi connectivity index (χ1v) is 7.05. The van der Waals surface area contributed by atoms with E-state index in [4.69, 9.17) is 0 Å². The van der Waals surface area contributed by atoms with Crippen LogP contribution in [0.15, 0.2) is 18.2 Å². The number of amides is 2. The SMILES string of the molecule is CCCCNC(=O)C1CN(C(=O)c2ccc(F)c(F)c2)C1. The van der Waals surface area contributed by atoms with Gasteiger partial charge in [0.05, 0.1) is 5.92 Å². The number of hydrogen-bond acceptors (Lipinski definition) is 2. The van der Waals surface area contributed by atoms with E-state index in [0.717, 1.165) is 25.0 Å². The van der Waals surface area contributed by atoms with E-state index in [1.165, 1.54) is 11.0 Å². The van der Waals surface area contributed by atoms with Crippen molar-refractivity contribution in [3.63, 3.8) is 0 Å². The van der Waals surface area contributed by atoms with Crippen LogP contribution in [0, 0.1) is 17.6 Å². The quantitative estimate of drug-likeness (QED) is 0.844. The van der Waals surface area contributed by atoms with Gasteiger partial charge < -0.3 is 10.2 Å². The van der Waals surface area contributed by atoms with Crippen molar-refractivity contribution in [3.05, 3.63) is 35.4 Å². The molecule has 2 rings (SSSR count). The minimum absolute atomic E-state index is 0.0576. The van der Waals surface area contributed by atoms with Crippen LogP contribution in [0.3, 0.4) is 0 Å². The first kappa shape index (κ1) is 15.4. The van der Waals surface area contributed by atoms with Gasteiger partial charge in [-0.25, -0.2) is 8.78 Å². The fraction of sp³-hybridized carbons (Fsp3) is 0.467. The summed E-state index contributed by atoms with van der Waals surface area (Å²) in [5.41, 5.74) is 0.0961. The van der Waals surface area contributed by atoms with Crippen LogP contribution in [0.5, 0.6) is 0 Å². The average Bonchev–Trinajstić information content (AvgIpc) is 2.40. The van der Waals surface area contributed by atoms with Crippen molar-refractivity contribution in [1.29, 1.82) is 0 Å². The summed E-state index contributed by atoms with van der Waals surface area (Å²) in [6.07, 6.45) is 1.93. The number of hydrogen-bond donors (Lipinski definition) is 1. The highest BCUT2D eigenvalue weighted by Gasteiger charge is 2.35. The molecule has 0 spiro atoms. The maximum Gasteiger partial charge on any atom is 0.254 e. The van der Waals surface area contributed by atoms with Crippen LogP contribution in [0.1, 0.15) is 30.1 Å². The molecule has 1 aromatic carbocycles. The minimum atomic E-state index is -1.05. The molecule has 6 heteroatoms. The molecule has 0 aromatic heterocycles. The van der Waals surface area contributed by atoms with Crippen molar-refractivity contribution in [3.8, 4) is 0 Å². The molecule has 1 saturated heterocycles. The van der Waals surface area contributed by atoms with E-state index >= 15 is 0 Å². The van der Waals surface area contributed by atoms with Crippen LogP contribution in [-0.2, 0) is 4.79 Å². The standard InChI is InChI=1S/C15H18F2N2O2/c1-2-3-6-18-14(20)11-8-19(9-11)15(21)10-4-5-12(16)13(17)7-10/h4-5,7,11H,2-3,6,8-9H2,1H3,(H,18,20). The van der Waals surface area contributed by atoms with Gasteiger partial charge >= 0.3 is 0 Å². The Bertz CT molecular complexity index is 542. The van der Waals surface area contributed by atoms with Gasteiger partial charge in [0.1, 0.15) is 0 Å². The van der Waals surface area contributed by atoms with Crippen molar-refractivity contribution in [1.82, 2.24) is 10.2 Å². The first-order valence-electron chi connectivity index (χ1n) is 7.05. The van der Waals surface area contributed by atoms with E-state index in [9.17, 15) is 18.4 Å². The van der Waals surface area contributed by atoms with E-state index in [2.05, 4.69) is 5.32 Å². The van der Waals surface area contributed by atoms with Crippen LogP contribution in [0.4, 0.5) is 8.78 Å². The molecule has 0 saturated carbocycles. The van der Waals surface area contributed by atoms with Crippen LogP contribution < -0.4 is 5.32 Å². The highest BCUT2D eigenvalue weighted by Crippen LogP contribution is 2.20. The molecule has 0 atom stereocenters. The molecule has 21 heavy (non-hydrogen) atoms. The zero-order valence-corrected chi connectivity index (χ0v) is 11.9. The molecule has 0 bridgehead atoms. The normalized spacial score (nSPS) is 14.7. The number of benzene rings is 1. The zero-order valence-electron chi connectivity index (χ0n) is 11.9. The number of nitrogens with one attached hydrogen (secondary N) is 1. The Labute approximate surface area is 122 Å². The average molecular weight is 296 g/mol. The molecule has 4 nitrogen and oxygen atoms in total. The topological polar surface area (TPSA) is 49.4 Å². The third kappa shape index (κ3) is 3.56. The smallest absolute Gasteiger partial charge is 0.254 e. The maximum atomic E-state index is 13.1. The summed E-state index contributed by atoms with van der Waals surface area (Å²) in [4.78, 5) is 25.2. The fourth-order valence-electron chi connectivity index (χ4n) is 2.15. The number of rotatable bonds is 5. The highest BCUT2D eigenvalue weighted by atomic mass is 19.2. The Morgan fingerprint density at radius 3 is 2.62 bits per heavy atom. The van der Waals surface area contributed by atoms with Gasteiger partial charge in [-0.1, -0.05) is 13.3 Å². The van der Waals surface area contributed by atoms with Crippen molar-refractivity contribution >= 4 is 11.8 Å². The Morgan fingerprint density at radius 1 is 1.29 bits per heavy atom. The molecule has 1 aliphatic heterocycles. The summed E-state index contributed by atoms with van der Waals surface area (Å²) < 4.78 is 25.9. The fourth-order valence-corrected chi connectivity index (χ4v) is 2.15. The largest absolute Gasteiger partial charge is 0.356 e. The predicted molar refractivity (Wildman–Crippen MR) is 73.7 cm³/mol. The van der Waals surface area contributed by atoms with Gasteiger partial charge in [-0.3, -0.25) is 9.59 Å². The summed E-state index contributed by atoms with van der Waals surface area (Å²) in [5.74, 6) is -2.68. The van der Waals surface area contributed by atoms with Crippen molar-refractivity contribution < 1.29 is 18.4 Å². The van der Waals surface area contributed by atoms with Crippen LogP contribution >= 0.6 is 0 Å². The Balaban J connectivity index is 1.84. The third-order valence-electron chi connectivity index (χ3n) is 3.54. The lowest BCUT2D eigenvalue weighted by Gasteiger charge is -2.38. The summed E-state index contributed by atoms with van der Waals surface area (Å²) in [5, 5.41) is 2.81. The number of likely N-dealkylation sites (tertiary alicyclic amines) is 1. The first-order chi connectivity index (χ1) is 10.0. The number of unbranched alkanes of at least 4 members (excludes halogenated alkanes) is 1. The summed E-state index contributed by atoms with van der Waals surface area (Å²) in [6, 6.07) is 3.05. The molecule has 0 unspecified atom stereocenters. The molecule has 1 heterocycles. The minimum Gasteiger partial charge on any atom is -0.356 e. The Morgan fingerprint density at radius 2 is 2.00 bits per heavy atom. The van der Waals surface area contributed by atoms with Gasteiger partial charge in [0, 0.05) is 25.2 Å². The molecular formula is C15H18F2N2O2. The second-order valence-corrected chi connectivity index (χ2v) is 5.18. The molecule has 1 N–H and O–H groups in total. The van der Waals surface area contributed by atoms with E-state index in [-0.39, 0.29) is 23.3 Å². The van der Waals surface area contributed by atoms with Gasteiger partial charge in [-0.05, 0) is 24.6 Å². The number of carbonyl (C=O) groups is 2. The molecule has 2 amide bonds. The van der Waals surface area contributed by atoms with Crippen LogP contribution in [0.25, 0.3) is 0 Å². The predicted octanol–water partition coefficient (Wildman–Crippen LogP) is 1.95. The van der Waals surface area contributed by atoms with Gasteiger partial charge in [0.25, 0.3) is 5.91 Å². The van der Waals surface area contributed by atoms with Gasteiger partial charge in [-0.15, -0.1) is 0 Å². The molecule has 1 aliphatic rings.